The maximum atomic E-state index is 11.6. The molecule has 16 heavy (non-hydrogen) atoms. The van der Waals surface area contributed by atoms with Gasteiger partial charge in [0.2, 0.25) is 5.91 Å². The van der Waals surface area contributed by atoms with Gasteiger partial charge in [0, 0.05) is 5.69 Å². The Morgan fingerprint density at radius 3 is 2.31 bits per heavy atom. The van der Waals surface area contributed by atoms with Crippen molar-refractivity contribution in [2.24, 2.45) is 5.73 Å². The highest BCUT2D eigenvalue weighted by molar-refractivity contribution is 5.88. The topological polar surface area (TPSA) is 55.1 Å². The van der Waals surface area contributed by atoms with Crippen LogP contribution in [0.1, 0.15) is 32.3 Å². The third kappa shape index (κ3) is 2.35. The molecule has 0 saturated carbocycles. The van der Waals surface area contributed by atoms with Gasteiger partial charge in [0.05, 0.1) is 0 Å². The summed E-state index contributed by atoms with van der Waals surface area (Å²) in [5, 5.41) is 3.29. The highest BCUT2D eigenvalue weighted by Crippen LogP contribution is 2.24. The number of carbonyl (C=O) groups excluding carboxylic acids is 1. The molecule has 1 amide bonds. The number of nitrogens with one attached hydrogen (secondary N) is 1. The van der Waals surface area contributed by atoms with Crippen LogP contribution in [0.5, 0.6) is 0 Å². The van der Waals surface area contributed by atoms with Gasteiger partial charge < -0.3 is 11.1 Å². The van der Waals surface area contributed by atoms with Gasteiger partial charge in [0.1, 0.15) is 5.54 Å². The summed E-state index contributed by atoms with van der Waals surface area (Å²) in [6.07, 6.45) is 1.38. The number of primary amides is 1. The monoisotopic (exact) mass is 220 g/mol. The van der Waals surface area contributed by atoms with Gasteiger partial charge in [-0.2, -0.15) is 0 Å². The van der Waals surface area contributed by atoms with E-state index in [2.05, 4.69) is 5.32 Å². The van der Waals surface area contributed by atoms with Gasteiger partial charge in [-0.3, -0.25) is 4.79 Å². The molecule has 1 aromatic carbocycles. The first-order valence-electron chi connectivity index (χ1n) is 5.69. The van der Waals surface area contributed by atoms with Gasteiger partial charge in [0.25, 0.3) is 0 Å². The minimum atomic E-state index is -0.633. The predicted octanol–water partition coefficient (Wildman–Crippen LogP) is 2.45. The Morgan fingerprint density at radius 2 is 1.88 bits per heavy atom. The second-order valence-electron chi connectivity index (χ2n) is 4.09. The summed E-state index contributed by atoms with van der Waals surface area (Å²) in [5.41, 5.74) is 6.95. The first-order valence-corrected chi connectivity index (χ1v) is 5.69. The van der Waals surface area contributed by atoms with Gasteiger partial charge in [-0.05, 0) is 31.4 Å². The molecule has 3 N–H and O–H groups in total. The molecule has 0 fully saturated rings. The summed E-state index contributed by atoms with van der Waals surface area (Å²) >= 11 is 0. The molecule has 0 spiro atoms. The predicted molar refractivity (Wildman–Crippen MR) is 67.3 cm³/mol. The van der Waals surface area contributed by atoms with Gasteiger partial charge in [-0.1, -0.05) is 32.0 Å². The summed E-state index contributed by atoms with van der Waals surface area (Å²) in [5.74, 6) is -0.291. The van der Waals surface area contributed by atoms with E-state index in [0.717, 1.165) is 11.3 Å². The van der Waals surface area contributed by atoms with Crippen molar-refractivity contribution < 1.29 is 4.79 Å². The Kier molecular flexibility index (Phi) is 3.93. The number of anilines is 1. The van der Waals surface area contributed by atoms with E-state index >= 15 is 0 Å². The normalized spacial score (nSPS) is 11.2. The number of amides is 1. The largest absolute Gasteiger partial charge is 0.371 e. The second-order valence-corrected chi connectivity index (χ2v) is 4.09. The fourth-order valence-corrected chi connectivity index (χ4v) is 1.81. The average Bonchev–Trinajstić information content (AvgIpc) is 2.28. The molecule has 1 aromatic rings. The molecule has 0 aliphatic carbocycles. The molecule has 0 aliphatic heterocycles. The van der Waals surface area contributed by atoms with Crippen molar-refractivity contribution in [2.75, 3.05) is 5.32 Å². The molecule has 0 atom stereocenters. The van der Waals surface area contributed by atoms with Gasteiger partial charge in [0.15, 0.2) is 0 Å². The van der Waals surface area contributed by atoms with Crippen molar-refractivity contribution in [1.82, 2.24) is 0 Å². The SMILES string of the molecule is CCC(CC)(Nc1ccccc1C)C(N)=O. The van der Waals surface area contributed by atoms with E-state index in [1.54, 1.807) is 0 Å². The van der Waals surface area contributed by atoms with Crippen molar-refractivity contribution in [2.45, 2.75) is 39.2 Å². The van der Waals surface area contributed by atoms with Crippen molar-refractivity contribution in [3.63, 3.8) is 0 Å². The Balaban J connectivity index is 3.01. The summed E-state index contributed by atoms with van der Waals surface area (Å²) in [4.78, 5) is 11.6. The second kappa shape index (κ2) is 5.01. The van der Waals surface area contributed by atoms with Crippen LogP contribution in [0.3, 0.4) is 0 Å². The van der Waals surface area contributed by atoms with E-state index < -0.39 is 5.54 Å². The molecule has 0 aliphatic rings. The van der Waals surface area contributed by atoms with Crippen LogP contribution >= 0.6 is 0 Å². The lowest BCUT2D eigenvalue weighted by atomic mass is 9.91. The number of benzene rings is 1. The first-order chi connectivity index (χ1) is 7.55. The molecular weight excluding hydrogens is 200 g/mol. The van der Waals surface area contributed by atoms with E-state index in [1.807, 2.05) is 45.0 Å². The number of hydrogen-bond acceptors (Lipinski definition) is 2. The quantitative estimate of drug-likeness (QED) is 0.800. The van der Waals surface area contributed by atoms with Crippen LogP contribution in [0.15, 0.2) is 24.3 Å². The number of para-hydroxylation sites is 1. The lowest BCUT2D eigenvalue weighted by Gasteiger charge is -2.31. The van der Waals surface area contributed by atoms with Crippen LogP contribution in [0.2, 0.25) is 0 Å². The third-order valence-electron chi connectivity index (χ3n) is 3.20. The summed E-state index contributed by atoms with van der Waals surface area (Å²) in [7, 11) is 0. The first kappa shape index (κ1) is 12.6. The molecule has 0 heterocycles. The van der Waals surface area contributed by atoms with Crippen LogP contribution < -0.4 is 11.1 Å². The van der Waals surface area contributed by atoms with Crippen molar-refractivity contribution in [1.29, 1.82) is 0 Å². The van der Waals surface area contributed by atoms with Crippen LogP contribution in [0.25, 0.3) is 0 Å². The number of aryl methyl sites for hydroxylation is 1. The number of hydrogen-bond donors (Lipinski definition) is 2. The van der Waals surface area contributed by atoms with E-state index in [1.165, 1.54) is 0 Å². The fraction of sp³-hybridized carbons (Fsp3) is 0.462. The summed E-state index contributed by atoms with van der Waals surface area (Å²) in [6, 6.07) is 7.91. The highest BCUT2D eigenvalue weighted by Gasteiger charge is 2.32. The maximum Gasteiger partial charge on any atom is 0.243 e. The molecule has 0 saturated heterocycles. The van der Waals surface area contributed by atoms with Crippen molar-refractivity contribution in [3.05, 3.63) is 29.8 Å². The van der Waals surface area contributed by atoms with Crippen LogP contribution in [-0.4, -0.2) is 11.4 Å². The molecule has 0 bridgehead atoms. The van der Waals surface area contributed by atoms with Crippen molar-refractivity contribution >= 4 is 11.6 Å². The Labute approximate surface area is 97.0 Å². The van der Waals surface area contributed by atoms with E-state index in [9.17, 15) is 4.79 Å². The fourth-order valence-electron chi connectivity index (χ4n) is 1.81. The van der Waals surface area contributed by atoms with Crippen molar-refractivity contribution in [3.8, 4) is 0 Å². The zero-order chi connectivity index (χ0) is 12.2. The van der Waals surface area contributed by atoms with Gasteiger partial charge in [-0.15, -0.1) is 0 Å². The van der Waals surface area contributed by atoms with Crippen LogP contribution in [-0.2, 0) is 4.79 Å². The van der Waals surface area contributed by atoms with Crippen LogP contribution in [0.4, 0.5) is 5.69 Å². The third-order valence-corrected chi connectivity index (χ3v) is 3.20. The molecule has 0 unspecified atom stereocenters. The smallest absolute Gasteiger partial charge is 0.243 e. The molecule has 3 nitrogen and oxygen atoms in total. The molecule has 1 rings (SSSR count). The maximum absolute atomic E-state index is 11.6. The number of nitrogens with two attached hydrogens (primary N) is 1. The zero-order valence-corrected chi connectivity index (χ0v) is 10.2. The number of carbonyl (C=O) groups is 1. The summed E-state index contributed by atoms with van der Waals surface area (Å²) < 4.78 is 0. The van der Waals surface area contributed by atoms with Gasteiger partial charge >= 0.3 is 0 Å². The van der Waals surface area contributed by atoms with Gasteiger partial charge in [-0.25, -0.2) is 0 Å². The standard InChI is InChI=1S/C13H20N2O/c1-4-13(5-2,12(14)16)15-11-9-7-6-8-10(11)3/h6-9,15H,4-5H2,1-3H3,(H2,14,16). The zero-order valence-electron chi connectivity index (χ0n) is 10.2. The lowest BCUT2D eigenvalue weighted by Crippen LogP contribution is -2.49. The Morgan fingerprint density at radius 1 is 1.31 bits per heavy atom. The van der Waals surface area contributed by atoms with E-state index in [4.69, 9.17) is 5.73 Å². The Hall–Kier alpha value is -1.51. The average molecular weight is 220 g/mol. The molecule has 0 radical (unpaired) electrons. The van der Waals surface area contributed by atoms with Crippen LogP contribution in [0, 0.1) is 6.92 Å². The minimum absolute atomic E-state index is 0.291. The minimum Gasteiger partial charge on any atom is -0.371 e. The molecule has 88 valence electrons. The number of rotatable bonds is 5. The van der Waals surface area contributed by atoms with E-state index in [0.29, 0.717) is 12.8 Å². The Bertz CT molecular complexity index is 370. The molecule has 3 heteroatoms. The highest BCUT2D eigenvalue weighted by atomic mass is 16.1. The summed E-state index contributed by atoms with van der Waals surface area (Å²) in [6.45, 7) is 5.96. The molecule has 0 aromatic heterocycles. The molecular formula is C13H20N2O. The van der Waals surface area contributed by atoms with E-state index in [-0.39, 0.29) is 5.91 Å². The lowest BCUT2D eigenvalue weighted by molar-refractivity contribution is -0.122.